The van der Waals surface area contributed by atoms with Crippen molar-refractivity contribution < 1.29 is 9.53 Å². The number of imidazole rings is 1. The van der Waals surface area contributed by atoms with Crippen molar-refractivity contribution in [2.45, 2.75) is 19.4 Å². The van der Waals surface area contributed by atoms with E-state index in [-0.39, 0.29) is 5.91 Å². The van der Waals surface area contributed by atoms with Crippen LogP contribution < -0.4 is 0 Å². The summed E-state index contributed by atoms with van der Waals surface area (Å²) in [6, 6.07) is 7.89. The Balaban J connectivity index is 1.57. The molecule has 0 bridgehead atoms. The summed E-state index contributed by atoms with van der Waals surface area (Å²) in [6.07, 6.45) is 7.55. The molecule has 2 heterocycles. The van der Waals surface area contributed by atoms with Crippen LogP contribution in [0.25, 0.3) is 0 Å². The van der Waals surface area contributed by atoms with E-state index in [1.807, 2.05) is 39.9 Å². The van der Waals surface area contributed by atoms with Gasteiger partial charge in [-0.25, -0.2) is 4.98 Å². The standard InChI is InChI=1S/C18H23N3O2/c1-23-13-16-6-9-21(10-7-16)18(22)17-4-2-15(3-5-17)12-20-11-8-19-14-20/h2-5,8,11,14,16H,6-7,9-10,12-13H2,1H3. The minimum Gasteiger partial charge on any atom is -0.384 e. The highest BCUT2D eigenvalue weighted by Gasteiger charge is 2.23. The average Bonchev–Trinajstić information content (AvgIpc) is 3.09. The van der Waals surface area contributed by atoms with Gasteiger partial charge in [-0.05, 0) is 36.5 Å². The predicted molar refractivity (Wildman–Crippen MR) is 88.3 cm³/mol. The van der Waals surface area contributed by atoms with Crippen molar-refractivity contribution >= 4 is 5.91 Å². The third-order valence-electron chi connectivity index (χ3n) is 4.43. The first-order chi connectivity index (χ1) is 11.3. The first-order valence-electron chi connectivity index (χ1n) is 8.09. The molecule has 0 spiro atoms. The molecule has 1 fully saturated rings. The number of rotatable bonds is 5. The maximum atomic E-state index is 12.6. The molecule has 1 aliphatic rings. The highest BCUT2D eigenvalue weighted by molar-refractivity contribution is 5.94. The van der Waals surface area contributed by atoms with Crippen molar-refractivity contribution in [3.8, 4) is 0 Å². The van der Waals surface area contributed by atoms with Gasteiger partial charge < -0.3 is 14.2 Å². The van der Waals surface area contributed by atoms with Gasteiger partial charge >= 0.3 is 0 Å². The molecule has 0 atom stereocenters. The fourth-order valence-corrected chi connectivity index (χ4v) is 3.06. The van der Waals surface area contributed by atoms with Gasteiger partial charge in [0.25, 0.3) is 5.91 Å². The Hall–Kier alpha value is -2.14. The molecule has 0 radical (unpaired) electrons. The van der Waals surface area contributed by atoms with Crippen LogP contribution in [0.1, 0.15) is 28.8 Å². The fourth-order valence-electron chi connectivity index (χ4n) is 3.06. The lowest BCUT2D eigenvalue weighted by Gasteiger charge is -2.31. The number of piperidine rings is 1. The second kappa shape index (κ2) is 7.42. The largest absolute Gasteiger partial charge is 0.384 e. The van der Waals surface area contributed by atoms with Crippen molar-refractivity contribution in [3.63, 3.8) is 0 Å². The minimum atomic E-state index is 0.134. The summed E-state index contributed by atoms with van der Waals surface area (Å²) in [6.45, 7) is 3.22. The zero-order valence-electron chi connectivity index (χ0n) is 13.5. The summed E-state index contributed by atoms with van der Waals surface area (Å²) >= 11 is 0. The van der Waals surface area contributed by atoms with Gasteiger partial charge in [-0.2, -0.15) is 0 Å². The SMILES string of the molecule is COCC1CCN(C(=O)c2ccc(Cn3ccnc3)cc2)CC1. The van der Waals surface area contributed by atoms with Crippen molar-refractivity contribution in [3.05, 3.63) is 54.1 Å². The lowest BCUT2D eigenvalue weighted by Crippen LogP contribution is -2.39. The quantitative estimate of drug-likeness (QED) is 0.852. The predicted octanol–water partition coefficient (Wildman–Crippen LogP) is 2.43. The van der Waals surface area contributed by atoms with Crippen LogP contribution in [-0.2, 0) is 11.3 Å². The molecule has 3 rings (SSSR count). The third-order valence-corrected chi connectivity index (χ3v) is 4.43. The number of benzene rings is 1. The Morgan fingerprint density at radius 1 is 1.26 bits per heavy atom. The molecule has 1 aromatic carbocycles. The average molecular weight is 313 g/mol. The highest BCUT2D eigenvalue weighted by atomic mass is 16.5. The van der Waals surface area contributed by atoms with E-state index in [0.29, 0.717) is 5.92 Å². The highest BCUT2D eigenvalue weighted by Crippen LogP contribution is 2.19. The Bertz CT molecular complexity index is 614. The summed E-state index contributed by atoms with van der Waals surface area (Å²) in [4.78, 5) is 18.6. The molecule has 5 nitrogen and oxygen atoms in total. The number of aromatic nitrogens is 2. The summed E-state index contributed by atoms with van der Waals surface area (Å²) in [5.41, 5.74) is 1.93. The number of hydrogen-bond acceptors (Lipinski definition) is 3. The monoisotopic (exact) mass is 313 g/mol. The molecule has 23 heavy (non-hydrogen) atoms. The van der Waals surface area contributed by atoms with Gasteiger partial charge in [0, 0.05) is 51.3 Å². The van der Waals surface area contributed by atoms with Crippen molar-refractivity contribution in [2.24, 2.45) is 5.92 Å². The molecule has 0 unspecified atom stereocenters. The molecule has 2 aromatic rings. The lowest BCUT2D eigenvalue weighted by molar-refractivity contribution is 0.0613. The molecule has 122 valence electrons. The van der Waals surface area contributed by atoms with Gasteiger partial charge in [0.1, 0.15) is 0 Å². The second-order valence-corrected chi connectivity index (χ2v) is 6.12. The molecule has 0 saturated carbocycles. The van der Waals surface area contributed by atoms with Gasteiger partial charge in [-0.15, -0.1) is 0 Å². The summed E-state index contributed by atoms with van der Waals surface area (Å²) in [7, 11) is 1.74. The molecule has 1 aliphatic heterocycles. The van der Waals surface area contributed by atoms with Gasteiger partial charge in [-0.1, -0.05) is 12.1 Å². The van der Waals surface area contributed by atoms with E-state index in [4.69, 9.17) is 4.74 Å². The third kappa shape index (κ3) is 3.99. The Morgan fingerprint density at radius 3 is 2.61 bits per heavy atom. The van der Waals surface area contributed by atoms with E-state index in [1.54, 1.807) is 19.6 Å². The first kappa shape index (κ1) is 15.7. The number of likely N-dealkylation sites (tertiary alicyclic amines) is 1. The molecular weight excluding hydrogens is 290 g/mol. The van der Waals surface area contributed by atoms with Gasteiger partial charge in [0.05, 0.1) is 6.33 Å². The summed E-state index contributed by atoms with van der Waals surface area (Å²) in [5, 5.41) is 0. The molecule has 0 N–H and O–H groups in total. The van der Waals surface area contributed by atoms with Crippen LogP contribution in [0, 0.1) is 5.92 Å². The molecule has 1 aromatic heterocycles. The topological polar surface area (TPSA) is 47.4 Å². The molecule has 0 aliphatic carbocycles. The van der Waals surface area contributed by atoms with Crippen LogP contribution >= 0.6 is 0 Å². The smallest absolute Gasteiger partial charge is 0.253 e. The van der Waals surface area contributed by atoms with E-state index in [9.17, 15) is 4.79 Å². The summed E-state index contributed by atoms with van der Waals surface area (Å²) < 4.78 is 7.22. The Kier molecular flexibility index (Phi) is 5.08. The van der Waals surface area contributed by atoms with Gasteiger partial charge in [-0.3, -0.25) is 4.79 Å². The van der Waals surface area contributed by atoms with Crippen LogP contribution in [0.4, 0.5) is 0 Å². The van der Waals surface area contributed by atoms with Gasteiger partial charge in [0.2, 0.25) is 0 Å². The van der Waals surface area contributed by atoms with Crippen molar-refractivity contribution in [1.82, 2.24) is 14.5 Å². The van der Waals surface area contributed by atoms with Crippen LogP contribution in [0.2, 0.25) is 0 Å². The Morgan fingerprint density at radius 2 is 2.00 bits per heavy atom. The van der Waals surface area contributed by atoms with Crippen molar-refractivity contribution in [1.29, 1.82) is 0 Å². The normalized spacial score (nSPS) is 15.8. The van der Waals surface area contributed by atoms with E-state index >= 15 is 0 Å². The van der Waals surface area contributed by atoms with E-state index in [0.717, 1.165) is 44.6 Å². The zero-order chi connectivity index (χ0) is 16.1. The maximum absolute atomic E-state index is 12.6. The molecule has 1 saturated heterocycles. The minimum absolute atomic E-state index is 0.134. The number of carbonyl (C=O) groups is 1. The molecule has 5 heteroatoms. The molecule has 1 amide bonds. The van der Waals surface area contributed by atoms with Crippen LogP contribution in [0.3, 0.4) is 0 Å². The number of methoxy groups -OCH3 is 1. The Labute approximate surface area is 136 Å². The van der Waals surface area contributed by atoms with Crippen LogP contribution in [0.15, 0.2) is 43.0 Å². The first-order valence-corrected chi connectivity index (χ1v) is 8.09. The lowest BCUT2D eigenvalue weighted by atomic mass is 9.97. The molecular formula is C18H23N3O2. The van der Waals surface area contributed by atoms with Crippen molar-refractivity contribution in [2.75, 3.05) is 26.8 Å². The number of ether oxygens (including phenoxy) is 1. The number of amides is 1. The summed E-state index contributed by atoms with van der Waals surface area (Å²) in [5.74, 6) is 0.719. The number of nitrogens with zero attached hydrogens (tertiary/aromatic N) is 3. The number of hydrogen-bond donors (Lipinski definition) is 0. The van der Waals surface area contributed by atoms with Gasteiger partial charge in [0.15, 0.2) is 0 Å². The maximum Gasteiger partial charge on any atom is 0.253 e. The van der Waals surface area contributed by atoms with E-state index < -0.39 is 0 Å². The van der Waals surface area contributed by atoms with Crippen LogP contribution in [0.5, 0.6) is 0 Å². The van der Waals surface area contributed by atoms with Crippen LogP contribution in [-0.4, -0.2) is 47.2 Å². The number of carbonyl (C=O) groups excluding carboxylic acids is 1. The van der Waals surface area contributed by atoms with E-state index in [2.05, 4.69) is 4.98 Å². The fraction of sp³-hybridized carbons (Fsp3) is 0.444. The zero-order valence-corrected chi connectivity index (χ0v) is 13.5. The van der Waals surface area contributed by atoms with E-state index in [1.165, 1.54) is 5.56 Å². The second-order valence-electron chi connectivity index (χ2n) is 6.12.